The number of hydrogen-bond donors (Lipinski definition) is 1. The van der Waals surface area contributed by atoms with Gasteiger partial charge >= 0.3 is 6.09 Å². The summed E-state index contributed by atoms with van der Waals surface area (Å²) in [5, 5.41) is 5.97. The molecule has 0 saturated carbocycles. The van der Waals surface area contributed by atoms with Gasteiger partial charge in [0.05, 0.1) is 10.7 Å². The van der Waals surface area contributed by atoms with Crippen LogP contribution in [0, 0.1) is 6.92 Å². The van der Waals surface area contributed by atoms with Gasteiger partial charge in [-0.3, -0.25) is 9.69 Å². The average molecular weight is 479 g/mol. The molecule has 1 saturated heterocycles. The van der Waals surface area contributed by atoms with E-state index in [1.807, 2.05) is 72.5 Å². The third-order valence-electron chi connectivity index (χ3n) is 5.82. The molecule has 34 heavy (non-hydrogen) atoms. The Hall–Kier alpha value is -3.23. The van der Waals surface area contributed by atoms with Crippen molar-refractivity contribution in [2.45, 2.75) is 32.5 Å². The highest BCUT2D eigenvalue weighted by molar-refractivity contribution is 7.09. The Bertz CT molecular complexity index is 1070. The summed E-state index contributed by atoms with van der Waals surface area (Å²) in [4.78, 5) is 34.6. The molecule has 7 nitrogen and oxygen atoms in total. The first kappa shape index (κ1) is 23.9. The molecular formula is C26H30N4O3S. The second kappa shape index (κ2) is 11.8. The van der Waals surface area contributed by atoms with Crippen LogP contribution in [-0.2, 0) is 29.1 Å². The Kier molecular flexibility index (Phi) is 8.27. The molecule has 0 bridgehead atoms. The van der Waals surface area contributed by atoms with E-state index in [0.717, 1.165) is 41.5 Å². The monoisotopic (exact) mass is 478 g/mol. The Balaban J connectivity index is 1.35. The number of piperazine rings is 1. The summed E-state index contributed by atoms with van der Waals surface area (Å²) in [5.41, 5.74) is 2.96. The first-order chi connectivity index (χ1) is 16.6. The fourth-order valence-electron chi connectivity index (χ4n) is 4.01. The van der Waals surface area contributed by atoms with Gasteiger partial charge in [-0.05, 0) is 18.1 Å². The van der Waals surface area contributed by atoms with Crippen LogP contribution in [0.5, 0.6) is 0 Å². The van der Waals surface area contributed by atoms with Crippen molar-refractivity contribution in [1.29, 1.82) is 0 Å². The summed E-state index contributed by atoms with van der Waals surface area (Å²) < 4.78 is 5.38. The summed E-state index contributed by atoms with van der Waals surface area (Å²) in [6.45, 7) is 5.76. The number of aromatic nitrogens is 1. The maximum atomic E-state index is 13.4. The van der Waals surface area contributed by atoms with Gasteiger partial charge in [0.1, 0.15) is 12.6 Å². The number of benzene rings is 2. The van der Waals surface area contributed by atoms with E-state index in [4.69, 9.17) is 4.74 Å². The molecule has 1 aliphatic rings. The number of alkyl carbamates (subject to hydrolysis) is 1. The number of carbonyl (C=O) groups is 2. The zero-order chi connectivity index (χ0) is 23.8. The summed E-state index contributed by atoms with van der Waals surface area (Å²) in [5.74, 6) is -0.0790. The third kappa shape index (κ3) is 6.88. The maximum Gasteiger partial charge on any atom is 0.408 e. The molecule has 1 aliphatic heterocycles. The molecule has 0 aliphatic carbocycles. The molecule has 1 unspecified atom stereocenters. The van der Waals surface area contributed by atoms with Crippen LogP contribution in [0.2, 0.25) is 0 Å². The van der Waals surface area contributed by atoms with Gasteiger partial charge in [-0.25, -0.2) is 9.78 Å². The molecule has 2 heterocycles. The van der Waals surface area contributed by atoms with Crippen molar-refractivity contribution in [2.24, 2.45) is 0 Å². The number of ether oxygens (including phenoxy) is 1. The predicted molar refractivity (Wildman–Crippen MR) is 132 cm³/mol. The predicted octanol–water partition coefficient (Wildman–Crippen LogP) is 3.63. The van der Waals surface area contributed by atoms with Gasteiger partial charge in [0.2, 0.25) is 5.91 Å². The lowest BCUT2D eigenvalue weighted by Gasteiger charge is -2.36. The number of nitrogens with one attached hydrogen (secondary N) is 1. The summed E-state index contributed by atoms with van der Waals surface area (Å²) in [6, 6.07) is 18.5. The zero-order valence-corrected chi connectivity index (χ0v) is 20.2. The van der Waals surface area contributed by atoms with Crippen molar-refractivity contribution >= 4 is 23.3 Å². The van der Waals surface area contributed by atoms with Crippen molar-refractivity contribution in [3.63, 3.8) is 0 Å². The number of nitrogens with zero attached hydrogens (tertiary/aromatic N) is 3. The normalized spacial score (nSPS) is 15.0. The smallest absolute Gasteiger partial charge is 0.408 e. The molecule has 0 radical (unpaired) electrons. The van der Waals surface area contributed by atoms with E-state index < -0.39 is 12.1 Å². The first-order valence-corrected chi connectivity index (χ1v) is 12.4. The van der Waals surface area contributed by atoms with Gasteiger partial charge in [-0.2, -0.15) is 0 Å². The lowest BCUT2D eigenvalue weighted by molar-refractivity contribution is -0.135. The molecule has 2 amide bonds. The lowest BCUT2D eigenvalue weighted by atomic mass is 10.0. The van der Waals surface area contributed by atoms with Crippen molar-refractivity contribution in [1.82, 2.24) is 20.1 Å². The first-order valence-electron chi connectivity index (χ1n) is 11.5. The Morgan fingerprint density at radius 2 is 1.65 bits per heavy atom. The van der Waals surface area contributed by atoms with Crippen LogP contribution in [0.1, 0.15) is 21.8 Å². The maximum absolute atomic E-state index is 13.4. The third-order valence-corrected chi connectivity index (χ3v) is 6.64. The minimum atomic E-state index is -0.682. The van der Waals surface area contributed by atoms with E-state index in [1.54, 1.807) is 11.3 Å². The van der Waals surface area contributed by atoms with Crippen molar-refractivity contribution in [3.8, 4) is 0 Å². The van der Waals surface area contributed by atoms with Gasteiger partial charge < -0.3 is 15.0 Å². The largest absolute Gasteiger partial charge is 0.445 e. The van der Waals surface area contributed by atoms with Gasteiger partial charge in [-0.1, -0.05) is 60.7 Å². The van der Waals surface area contributed by atoms with Crippen LogP contribution < -0.4 is 5.32 Å². The SMILES string of the molecule is Cc1nc(CN2CCN(C(=O)C(Cc3ccccc3)NC(=O)OCc3ccccc3)CC2)cs1. The van der Waals surface area contributed by atoms with Crippen molar-refractivity contribution < 1.29 is 14.3 Å². The molecule has 1 fully saturated rings. The number of rotatable bonds is 8. The number of amides is 2. The topological polar surface area (TPSA) is 74.8 Å². The summed E-state index contributed by atoms with van der Waals surface area (Å²) in [6.07, 6.45) is -0.172. The Morgan fingerprint density at radius 3 is 2.26 bits per heavy atom. The zero-order valence-electron chi connectivity index (χ0n) is 19.4. The Morgan fingerprint density at radius 1 is 1.00 bits per heavy atom. The van der Waals surface area contributed by atoms with E-state index in [1.165, 1.54) is 0 Å². The minimum absolute atomic E-state index is 0.0790. The van der Waals surface area contributed by atoms with E-state index in [-0.39, 0.29) is 12.5 Å². The van der Waals surface area contributed by atoms with E-state index in [9.17, 15) is 9.59 Å². The van der Waals surface area contributed by atoms with E-state index in [2.05, 4.69) is 20.6 Å². The molecule has 0 spiro atoms. The number of carbonyl (C=O) groups excluding carboxylic acids is 2. The lowest BCUT2D eigenvalue weighted by Crippen LogP contribution is -2.55. The molecule has 2 aromatic carbocycles. The van der Waals surface area contributed by atoms with Gasteiger partial charge in [-0.15, -0.1) is 11.3 Å². The average Bonchev–Trinajstić information content (AvgIpc) is 3.28. The summed E-state index contributed by atoms with van der Waals surface area (Å²) >= 11 is 1.66. The van der Waals surface area contributed by atoms with Crippen LogP contribution in [0.25, 0.3) is 0 Å². The van der Waals surface area contributed by atoms with Crippen LogP contribution in [0.4, 0.5) is 4.79 Å². The van der Waals surface area contributed by atoms with Gasteiger partial charge in [0.15, 0.2) is 0 Å². The van der Waals surface area contributed by atoms with Gasteiger partial charge in [0, 0.05) is 44.5 Å². The highest BCUT2D eigenvalue weighted by Crippen LogP contribution is 2.14. The standard InChI is InChI=1S/C26H30N4O3S/c1-20-27-23(19-34-20)17-29-12-14-30(15-13-29)25(31)24(16-21-8-4-2-5-9-21)28-26(32)33-18-22-10-6-3-7-11-22/h2-11,19,24H,12-18H2,1H3,(H,28,32). The summed E-state index contributed by atoms with van der Waals surface area (Å²) in [7, 11) is 0. The molecular weight excluding hydrogens is 448 g/mol. The molecule has 1 N–H and O–H groups in total. The van der Waals surface area contributed by atoms with Crippen LogP contribution >= 0.6 is 11.3 Å². The molecule has 8 heteroatoms. The fourth-order valence-corrected chi connectivity index (χ4v) is 4.62. The van der Waals surface area contributed by atoms with E-state index >= 15 is 0 Å². The number of hydrogen-bond acceptors (Lipinski definition) is 6. The second-order valence-corrected chi connectivity index (χ2v) is 9.47. The molecule has 4 rings (SSSR count). The van der Waals surface area contributed by atoms with Crippen molar-refractivity contribution in [2.75, 3.05) is 26.2 Å². The Labute approximate surface area is 204 Å². The van der Waals surface area contributed by atoms with Crippen LogP contribution in [-0.4, -0.2) is 59.0 Å². The number of aryl methyl sites for hydroxylation is 1. The van der Waals surface area contributed by atoms with Gasteiger partial charge in [0.25, 0.3) is 0 Å². The van der Waals surface area contributed by atoms with Crippen LogP contribution in [0.15, 0.2) is 66.0 Å². The van der Waals surface area contributed by atoms with Crippen molar-refractivity contribution in [3.05, 3.63) is 87.9 Å². The van der Waals surface area contributed by atoms with Crippen LogP contribution in [0.3, 0.4) is 0 Å². The van der Waals surface area contributed by atoms with E-state index in [0.29, 0.717) is 19.5 Å². The fraction of sp³-hybridized carbons (Fsp3) is 0.346. The highest BCUT2D eigenvalue weighted by atomic mass is 32.1. The molecule has 3 aromatic rings. The molecule has 178 valence electrons. The minimum Gasteiger partial charge on any atom is -0.445 e. The molecule has 1 atom stereocenters. The second-order valence-electron chi connectivity index (χ2n) is 8.41. The quantitative estimate of drug-likeness (QED) is 0.535. The number of thiazole rings is 1. The molecule has 1 aromatic heterocycles. The highest BCUT2D eigenvalue weighted by Gasteiger charge is 2.29.